The number of fused-ring (bicyclic) bond motifs is 1. The molecule has 0 bridgehead atoms. The Morgan fingerprint density at radius 3 is 2.71 bits per heavy atom. The highest BCUT2D eigenvalue weighted by atomic mass is 19.1. The number of amides is 2. The molecule has 1 saturated carbocycles. The molecule has 2 fully saturated rings. The van der Waals surface area contributed by atoms with Gasteiger partial charge in [0.05, 0.1) is 24.0 Å². The number of benzene rings is 2. The van der Waals surface area contributed by atoms with Crippen LogP contribution in [0.2, 0.25) is 0 Å². The minimum absolute atomic E-state index is 0.0118. The molecular weight excluding hydrogens is 647 g/mol. The van der Waals surface area contributed by atoms with Crippen LogP contribution >= 0.6 is 0 Å². The van der Waals surface area contributed by atoms with Gasteiger partial charge in [-0.25, -0.2) is 14.4 Å². The molecule has 3 aromatic heterocycles. The molecular formula is C39H43FN8O3. The van der Waals surface area contributed by atoms with E-state index in [1.807, 2.05) is 42.5 Å². The number of hydrogen-bond acceptors (Lipinski definition) is 8. The number of carbonyl (C=O) groups excluding carboxylic acids is 2. The van der Waals surface area contributed by atoms with Crippen molar-refractivity contribution in [3.05, 3.63) is 107 Å². The van der Waals surface area contributed by atoms with E-state index in [9.17, 15) is 19.1 Å². The number of halogens is 1. The zero-order chi connectivity index (χ0) is 35.3. The normalized spacial score (nSPS) is 18.3. The lowest BCUT2D eigenvalue weighted by molar-refractivity contribution is -0.121. The SMILES string of the molecule is Cc1cccc2nc(CNC3CCC(NC(=O)c4cc(F)cnc4Nc4cccc(-c5ccc(O)cc5CN5CCCNC(=O)C5)c4)CC3)cn12. The maximum atomic E-state index is 14.5. The fourth-order valence-electron chi connectivity index (χ4n) is 7.09. The quantitative estimate of drug-likeness (QED) is 0.131. The second-order valence-corrected chi connectivity index (χ2v) is 13.5. The molecule has 264 valence electrons. The zero-order valence-electron chi connectivity index (χ0n) is 28.7. The minimum atomic E-state index is -0.592. The lowest BCUT2D eigenvalue weighted by Crippen LogP contribution is -2.42. The number of aryl methyl sites for hydroxylation is 1. The molecule has 0 unspecified atom stereocenters. The van der Waals surface area contributed by atoms with Gasteiger partial charge in [0.15, 0.2) is 0 Å². The molecule has 5 aromatic rings. The van der Waals surface area contributed by atoms with Gasteiger partial charge in [-0.1, -0.05) is 24.3 Å². The topological polar surface area (TPSA) is 136 Å². The van der Waals surface area contributed by atoms with Gasteiger partial charge in [0.1, 0.15) is 23.0 Å². The predicted octanol–water partition coefficient (Wildman–Crippen LogP) is 5.45. The van der Waals surface area contributed by atoms with E-state index in [1.54, 1.807) is 12.1 Å². The van der Waals surface area contributed by atoms with Crippen molar-refractivity contribution >= 4 is 29.0 Å². The summed E-state index contributed by atoms with van der Waals surface area (Å²) in [5, 5.41) is 23.2. The van der Waals surface area contributed by atoms with Crippen molar-refractivity contribution in [2.24, 2.45) is 0 Å². The molecule has 1 saturated heterocycles. The van der Waals surface area contributed by atoms with Crippen LogP contribution in [0.3, 0.4) is 0 Å². The largest absolute Gasteiger partial charge is 0.508 e. The molecule has 7 rings (SSSR count). The van der Waals surface area contributed by atoms with Crippen LogP contribution in [-0.4, -0.2) is 67.9 Å². The molecule has 1 aliphatic heterocycles. The number of pyridine rings is 2. The summed E-state index contributed by atoms with van der Waals surface area (Å²) in [5.74, 6) is -0.575. The summed E-state index contributed by atoms with van der Waals surface area (Å²) in [6.07, 6.45) is 7.43. The van der Waals surface area contributed by atoms with Gasteiger partial charge in [0.25, 0.3) is 5.91 Å². The molecule has 0 atom stereocenters. The van der Waals surface area contributed by atoms with E-state index in [-0.39, 0.29) is 35.0 Å². The fraction of sp³-hybridized carbons (Fsp3) is 0.333. The van der Waals surface area contributed by atoms with Gasteiger partial charge in [-0.3, -0.25) is 14.5 Å². The minimum Gasteiger partial charge on any atom is -0.508 e. The molecule has 2 amide bonds. The van der Waals surface area contributed by atoms with Crippen LogP contribution < -0.4 is 21.3 Å². The van der Waals surface area contributed by atoms with Crippen LogP contribution in [0, 0.1) is 12.7 Å². The molecule has 0 radical (unpaired) electrons. The standard InChI is InChI=1S/C39H43FN8O3/c1-25-5-2-8-36-44-32(23-48(25)36)21-42-29-9-11-30(12-10-29)46-39(51)35-19-28(40)20-43-38(35)45-31-7-3-6-26(17-31)34-14-13-33(49)18-27(34)22-47-16-4-15-41-37(50)24-47/h2-3,5-8,13-14,17-20,23,29-30,42,49H,4,9-12,15-16,21-22,24H2,1H3,(H,41,50)(H,43,45)(H,46,51). The third kappa shape index (κ3) is 8.35. The molecule has 11 nitrogen and oxygen atoms in total. The van der Waals surface area contributed by atoms with E-state index in [4.69, 9.17) is 4.98 Å². The third-order valence-electron chi connectivity index (χ3n) is 9.74. The van der Waals surface area contributed by atoms with E-state index in [1.165, 1.54) is 6.07 Å². The molecule has 2 aliphatic rings. The molecule has 0 spiro atoms. The first-order valence-electron chi connectivity index (χ1n) is 17.6. The Bertz CT molecular complexity index is 2040. The zero-order valence-corrected chi connectivity index (χ0v) is 28.7. The van der Waals surface area contributed by atoms with Crippen LogP contribution in [0.1, 0.15) is 59.4 Å². The smallest absolute Gasteiger partial charge is 0.255 e. The van der Waals surface area contributed by atoms with Gasteiger partial charge in [0, 0.05) is 55.8 Å². The number of hydrogen-bond donors (Lipinski definition) is 5. The van der Waals surface area contributed by atoms with Crippen molar-refractivity contribution in [2.45, 2.75) is 64.2 Å². The van der Waals surface area contributed by atoms with E-state index in [0.717, 1.165) is 78.6 Å². The molecule has 5 N–H and O–H groups in total. The van der Waals surface area contributed by atoms with Crippen molar-refractivity contribution in [2.75, 3.05) is 25.0 Å². The Hall–Kier alpha value is -5.33. The highest BCUT2D eigenvalue weighted by Crippen LogP contribution is 2.31. The van der Waals surface area contributed by atoms with Crippen LogP contribution in [0.4, 0.5) is 15.9 Å². The maximum absolute atomic E-state index is 14.5. The molecule has 51 heavy (non-hydrogen) atoms. The number of nitrogens with zero attached hydrogens (tertiary/aromatic N) is 4. The van der Waals surface area contributed by atoms with E-state index >= 15 is 0 Å². The lowest BCUT2D eigenvalue weighted by atomic mass is 9.91. The summed E-state index contributed by atoms with van der Waals surface area (Å²) in [4.78, 5) is 36.8. The highest BCUT2D eigenvalue weighted by Gasteiger charge is 2.25. The summed E-state index contributed by atoms with van der Waals surface area (Å²) in [6, 6.07) is 20.5. The van der Waals surface area contributed by atoms with E-state index in [0.29, 0.717) is 37.9 Å². The average Bonchev–Trinajstić information content (AvgIpc) is 3.44. The Kier molecular flexibility index (Phi) is 10.2. The average molecular weight is 691 g/mol. The Balaban J connectivity index is 0.990. The summed E-state index contributed by atoms with van der Waals surface area (Å²) in [5.41, 5.74) is 6.55. The summed E-state index contributed by atoms with van der Waals surface area (Å²) >= 11 is 0. The first-order chi connectivity index (χ1) is 24.8. The second-order valence-electron chi connectivity index (χ2n) is 13.5. The maximum Gasteiger partial charge on any atom is 0.255 e. The van der Waals surface area contributed by atoms with Crippen molar-refractivity contribution < 1.29 is 19.1 Å². The first-order valence-corrected chi connectivity index (χ1v) is 17.6. The third-order valence-corrected chi connectivity index (χ3v) is 9.74. The number of imidazole rings is 1. The Labute approximate surface area is 296 Å². The van der Waals surface area contributed by atoms with E-state index in [2.05, 4.69) is 54.7 Å². The number of phenols is 1. The number of aromatic nitrogens is 3. The number of rotatable bonds is 10. The highest BCUT2D eigenvalue weighted by molar-refractivity contribution is 5.99. The van der Waals surface area contributed by atoms with Crippen LogP contribution in [0.15, 0.2) is 79.1 Å². The van der Waals surface area contributed by atoms with Gasteiger partial charge in [-0.15, -0.1) is 0 Å². The Morgan fingerprint density at radius 1 is 1.04 bits per heavy atom. The number of carbonyl (C=O) groups is 2. The summed E-state index contributed by atoms with van der Waals surface area (Å²) < 4.78 is 16.6. The fourth-order valence-corrected chi connectivity index (χ4v) is 7.09. The number of anilines is 2. The molecule has 2 aromatic carbocycles. The Morgan fingerprint density at radius 2 is 1.86 bits per heavy atom. The molecule has 4 heterocycles. The van der Waals surface area contributed by atoms with Gasteiger partial charge in [-0.05, 0) is 98.2 Å². The lowest BCUT2D eigenvalue weighted by Gasteiger charge is -2.29. The van der Waals surface area contributed by atoms with E-state index < -0.39 is 5.82 Å². The monoisotopic (exact) mass is 690 g/mol. The van der Waals surface area contributed by atoms with Gasteiger partial charge in [-0.2, -0.15) is 0 Å². The van der Waals surface area contributed by atoms with Crippen LogP contribution in [0.5, 0.6) is 5.75 Å². The molecule has 12 heteroatoms. The molecule has 1 aliphatic carbocycles. The van der Waals surface area contributed by atoms with Gasteiger partial charge >= 0.3 is 0 Å². The number of nitrogens with one attached hydrogen (secondary N) is 4. The van der Waals surface area contributed by atoms with Crippen molar-refractivity contribution in [3.8, 4) is 16.9 Å². The second kappa shape index (κ2) is 15.3. The predicted molar refractivity (Wildman–Crippen MR) is 194 cm³/mol. The summed E-state index contributed by atoms with van der Waals surface area (Å²) in [7, 11) is 0. The van der Waals surface area contributed by atoms with Gasteiger partial charge in [0.2, 0.25) is 5.91 Å². The first kappa shape index (κ1) is 34.1. The van der Waals surface area contributed by atoms with Crippen LogP contribution in [0.25, 0.3) is 16.8 Å². The van der Waals surface area contributed by atoms with Crippen molar-refractivity contribution in [1.29, 1.82) is 0 Å². The van der Waals surface area contributed by atoms with Gasteiger partial charge < -0.3 is 30.8 Å². The number of phenolic OH excluding ortho intramolecular Hbond substituents is 1. The van der Waals surface area contributed by atoms with Crippen LogP contribution in [-0.2, 0) is 17.9 Å². The van der Waals surface area contributed by atoms with Crippen molar-refractivity contribution in [3.63, 3.8) is 0 Å². The summed E-state index contributed by atoms with van der Waals surface area (Å²) in [6.45, 7) is 4.95. The number of aromatic hydroxyl groups is 1. The van der Waals surface area contributed by atoms with Crippen molar-refractivity contribution in [1.82, 2.24) is 35.2 Å².